The molecule has 1 heterocycles. The first-order valence-corrected chi connectivity index (χ1v) is 9.05. The van der Waals surface area contributed by atoms with Crippen LogP contribution < -0.4 is 4.74 Å². The van der Waals surface area contributed by atoms with Crippen molar-refractivity contribution < 1.29 is 23.1 Å². The highest BCUT2D eigenvalue weighted by atomic mass is 79.9. The van der Waals surface area contributed by atoms with Crippen molar-refractivity contribution in [2.75, 3.05) is 20.2 Å². The van der Waals surface area contributed by atoms with Crippen LogP contribution >= 0.6 is 15.9 Å². The maximum atomic E-state index is 12.8. The van der Waals surface area contributed by atoms with Gasteiger partial charge in [0.25, 0.3) is 0 Å². The van der Waals surface area contributed by atoms with Gasteiger partial charge >= 0.3 is 5.97 Å². The summed E-state index contributed by atoms with van der Waals surface area (Å²) >= 11 is 3.25. The molecule has 1 aliphatic heterocycles. The van der Waals surface area contributed by atoms with Gasteiger partial charge in [-0.25, -0.2) is 8.42 Å². The van der Waals surface area contributed by atoms with Crippen LogP contribution in [0.5, 0.6) is 5.75 Å². The molecule has 1 saturated heterocycles. The van der Waals surface area contributed by atoms with Crippen LogP contribution in [0.4, 0.5) is 0 Å². The van der Waals surface area contributed by atoms with Crippen LogP contribution in [-0.2, 0) is 14.8 Å². The fourth-order valence-corrected chi connectivity index (χ4v) is 5.26. The number of aliphatic carboxylic acids is 1. The summed E-state index contributed by atoms with van der Waals surface area (Å²) in [5.41, 5.74) is 0. The van der Waals surface area contributed by atoms with Gasteiger partial charge < -0.3 is 9.84 Å². The molecule has 8 heteroatoms. The van der Waals surface area contributed by atoms with Crippen LogP contribution in [0.25, 0.3) is 0 Å². The maximum absolute atomic E-state index is 12.8. The Morgan fingerprint density at radius 3 is 2.64 bits per heavy atom. The number of hydrogen-bond donors (Lipinski definition) is 1. The fourth-order valence-electron chi connectivity index (χ4n) is 2.63. The van der Waals surface area contributed by atoms with E-state index in [1.54, 1.807) is 12.1 Å². The van der Waals surface area contributed by atoms with E-state index < -0.39 is 21.9 Å². The monoisotopic (exact) mass is 391 g/mol. The molecule has 0 aliphatic carbocycles. The lowest BCUT2D eigenvalue weighted by Gasteiger charge is -2.33. The molecule has 1 N–H and O–H groups in total. The molecule has 2 unspecified atom stereocenters. The lowest BCUT2D eigenvalue weighted by Crippen LogP contribution is -2.45. The SMILES string of the molecule is COc1ccc(S(=O)(=O)N2CC(C)CC(C(=O)O)C2)c(Br)c1. The summed E-state index contributed by atoms with van der Waals surface area (Å²) in [7, 11) is -2.25. The van der Waals surface area contributed by atoms with Crippen LogP contribution in [0.3, 0.4) is 0 Å². The number of piperidine rings is 1. The third-order valence-corrected chi connectivity index (χ3v) is 6.54. The molecule has 0 bridgehead atoms. The van der Waals surface area contributed by atoms with Gasteiger partial charge in [-0.3, -0.25) is 4.79 Å². The largest absolute Gasteiger partial charge is 0.497 e. The van der Waals surface area contributed by atoms with E-state index in [1.165, 1.54) is 17.5 Å². The molecule has 2 rings (SSSR count). The number of carbonyl (C=O) groups is 1. The van der Waals surface area contributed by atoms with E-state index in [0.717, 1.165) is 0 Å². The minimum Gasteiger partial charge on any atom is -0.497 e. The molecule has 122 valence electrons. The topological polar surface area (TPSA) is 83.9 Å². The molecule has 1 aromatic carbocycles. The van der Waals surface area contributed by atoms with E-state index in [4.69, 9.17) is 4.74 Å². The van der Waals surface area contributed by atoms with Crippen molar-refractivity contribution in [1.82, 2.24) is 4.31 Å². The number of ether oxygens (including phenoxy) is 1. The number of nitrogens with zero attached hydrogens (tertiary/aromatic N) is 1. The predicted octanol–water partition coefficient (Wildman–Crippen LogP) is 2.19. The van der Waals surface area contributed by atoms with Crippen LogP contribution in [0.1, 0.15) is 13.3 Å². The van der Waals surface area contributed by atoms with Crippen molar-refractivity contribution in [3.05, 3.63) is 22.7 Å². The van der Waals surface area contributed by atoms with Gasteiger partial charge in [-0.05, 0) is 46.5 Å². The molecule has 0 radical (unpaired) electrons. The van der Waals surface area contributed by atoms with Gasteiger partial charge in [0.15, 0.2) is 0 Å². The van der Waals surface area contributed by atoms with E-state index in [2.05, 4.69) is 15.9 Å². The second kappa shape index (κ2) is 6.55. The number of benzene rings is 1. The molecule has 0 amide bonds. The first-order chi connectivity index (χ1) is 10.3. The van der Waals surface area contributed by atoms with Gasteiger partial charge in [0.05, 0.1) is 17.9 Å². The van der Waals surface area contributed by atoms with Crippen molar-refractivity contribution in [2.24, 2.45) is 11.8 Å². The lowest BCUT2D eigenvalue weighted by molar-refractivity contribution is -0.143. The highest BCUT2D eigenvalue weighted by molar-refractivity contribution is 9.10. The summed E-state index contributed by atoms with van der Waals surface area (Å²) in [5.74, 6) is -1.08. The molecule has 0 aromatic heterocycles. The van der Waals surface area contributed by atoms with Crippen molar-refractivity contribution in [2.45, 2.75) is 18.2 Å². The zero-order chi connectivity index (χ0) is 16.5. The number of sulfonamides is 1. The van der Waals surface area contributed by atoms with E-state index in [-0.39, 0.29) is 17.4 Å². The Bertz CT molecular complexity index is 676. The maximum Gasteiger partial charge on any atom is 0.307 e. The molecule has 0 saturated carbocycles. The Balaban J connectivity index is 2.35. The third kappa shape index (κ3) is 3.44. The number of methoxy groups -OCH3 is 1. The van der Waals surface area contributed by atoms with E-state index in [0.29, 0.717) is 23.2 Å². The first-order valence-electron chi connectivity index (χ1n) is 6.82. The van der Waals surface area contributed by atoms with Gasteiger partial charge in [-0.2, -0.15) is 4.31 Å². The standard InChI is InChI=1S/C14H18BrNO5S/c1-9-5-10(14(17)18)8-16(7-9)22(19,20)13-4-3-11(21-2)6-12(13)15/h3-4,6,9-10H,5,7-8H2,1-2H3,(H,17,18). The van der Waals surface area contributed by atoms with Crippen molar-refractivity contribution in [3.8, 4) is 5.75 Å². The molecule has 2 atom stereocenters. The van der Waals surface area contributed by atoms with Crippen LogP contribution in [0, 0.1) is 11.8 Å². The van der Waals surface area contributed by atoms with Crippen molar-refractivity contribution >= 4 is 31.9 Å². The fraction of sp³-hybridized carbons (Fsp3) is 0.500. The average Bonchev–Trinajstić information content (AvgIpc) is 2.46. The molecule has 1 aliphatic rings. The lowest BCUT2D eigenvalue weighted by atomic mass is 9.92. The average molecular weight is 392 g/mol. The molecule has 1 fully saturated rings. The Kier molecular flexibility index (Phi) is 5.14. The summed E-state index contributed by atoms with van der Waals surface area (Å²) in [6.45, 7) is 2.19. The summed E-state index contributed by atoms with van der Waals surface area (Å²) in [6, 6.07) is 4.61. The Morgan fingerprint density at radius 2 is 2.09 bits per heavy atom. The highest BCUT2D eigenvalue weighted by Gasteiger charge is 2.36. The zero-order valence-electron chi connectivity index (χ0n) is 12.3. The second-order valence-electron chi connectivity index (χ2n) is 5.49. The van der Waals surface area contributed by atoms with Crippen molar-refractivity contribution in [1.29, 1.82) is 0 Å². The predicted molar refractivity (Wildman–Crippen MR) is 84.4 cm³/mol. The van der Waals surface area contributed by atoms with Crippen molar-refractivity contribution in [3.63, 3.8) is 0 Å². The molecule has 22 heavy (non-hydrogen) atoms. The van der Waals surface area contributed by atoms with Gasteiger partial charge in [-0.1, -0.05) is 6.92 Å². The quantitative estimate of drug-likeness (QED) is 0.849. The summed E-state index contributed by atoms with van der Waals surface area (Å²) in [6.07, 6.45) is 0.491. The number of carboxylic acid groups (broad SMARTS) is 1. The molecule has 1 aromatic rings. The minimum absolute atomic E-state index is 0.000472. The number of hydrogen-bond acceptors (Lipinski definition) is 4. The minimum atomic E-state index is -3.75. The van der Waals surface area contributed by atoms with E-state index in [1.807, 2.05) is 6.92 Å². The summed E-state index contributed by atoms with van der Waals surface area (Å²) in [4.78, 5) is 11.3. The number of rotatable bonds is 4. The number of halogens is 1. The summed E-state index contributed by atoms with van der Waals surface area (Å²) in [5, 5.41) is 9.19. The van der Waals surface area contributed by atoms with Crippen LogP contribution in [-0.4, -0.2) is 44.0 Å². The molecular formula is C14H18BrNO5S. The van der Waals surface area contributed by atoms with E-state index >= 15 is 0 Å². The Labute approximate surface area is 138 Å². The van der Waals surface area contributed by atoms with Gasteiger partial charge in [0.2, 0.25) is 10.0 Å². The van der Waals surface area contributed by atoms with Gasteiger partial charge in [-0.15, -0.1) is 0 Å². The first kappa shape index (κ1) is 17.2. The normalized spacial score (nSPS) is 23.2. The molecule has 0 spiro atoms. The Morgan fingerprint density at radius 1 is 1.41 bits per heavy atom. The van der Waals surface area contributed by atoms with Gasteiger partial charge in [0.1, 0.15) is 5.75 Å². The molecular weight excluding hydrogens is 374 g/mol. The second-order valence-corrected chi connectivity index (χ2v) is 8.26. The van der Waals surface area contributed by atoms with Gasteiger partial charge in [0, 0.05) is 17.6 Å². The highest BCUT2D eigenvalue weighted by Crippen LogP contribution is 2.32. The molecule has 6 nitrogen and oxygen atoms in total. The van der Waals surface area contributed by atoms with Crippen LogP contribution in [0.15, 0.2) is 27.6 Å². The van der Waals surface area contributed by atoms with E-state index in [9.17, 15) is 18.3 Å². The summed E-state index contributed by atoms with van der Waals surface area (Å²) < 4.78 is 32.3. The Hall–Kier alpha value is -1.12. The third-order valence-electron chi connectivity index (χ3n) is 3.73. The zero-order valence-corrected chi connectivity index (χ0v) is 14.7. The smallest absolute Gasteiger partial charge is 0.307 e. The van der Waals surface area contributed by atoms with Crippen LogP contribution in [0.2, 0.25) is 0 Å². The number of carboxylic acids is 1.